The summed E-state index contributed by atoms with van der Waals surface area (Å²) in [5.41, 5.74) is -0.0899. The Balaban J connectivity index is 1.91. The molecule has 0 spiro atoms. The number of nitrogens with zero attached hydrogens (tertiary/aromatic N) is 2. The van der Waals surface area contributed by atoms with Crippen LogP contribution in [-0.4, -0.2) is 26.8 Å². The average molecular weight is 377 g/mol. The lowest BCUT2D eigenvalue weighted by Gasteiger charge is -2.01. The molecule has 1 aromatic rings. The van der Waals surface area contributed by atoms with Gasteiger partial charge in [-0.15, -0.1) is 0 Å². The molecule has 0 radical (unpaired) electrons. The quantitative estimate of drug-likeness (QED) is 0.273. The van der Waals surface area contributed by atoms with E-state index >= 15 is 0 Å². The molecule has 0 bridgehead atoms. The summed E-state index contributed by atoms with van der Waals surface area (Å²) < 4.78 is 1.14. The van der Waals surface area contributed by atoms with Crippen molar-refractivity contribution in [3.05, 3.63) is 30.1 Å². The normalized spacial score (nSPS) is 11.3. The molecular formula is C22H36N2O3. The molecule has 0 fully saturated rings. The minimum absolute atomic E-state index is 0.0899. The lowest BCUT2D eigenvalue weighted by Crippen LogP contribution is -2.12. The minimum Gasteiger partial charge on any atom is -0.476 e. The van der Waals surface area contributed by atoms with Crippen molar-refractivity contribution in [2.75, 3.05) is 0 Å². The number of rotatable bonds is 16. The first kappa shape index (κ1) is 23.1. The van der Waals surface area contributed by atoms with E-state index in [0.717, 1.165) is 30.4 Å². The molecule has 0 saturated carbocycles. The van der Waals surface area contributed by atoms with Crippen molar-refractivity contribution in [1.82, 2.24) is 9.78 Å². The van der Waals surface area contributed by atoms with E-state index in [4.69, 9.17) is 5.11 Å². The molecule has 152 valence electrons. The summed E-state index contributed by atoms with van der Waals surface area (Å²) in [5, 5.41) is 12.6. The van der Waals surface area contributed by atoms with Gasteiger partial charge in [-0.05, 0) is 38.2 Å². The van der Waals surface area contributed by atoms with Crippen LogP contribution in [-0.2, 0) is 0 Å². The fraction of sp³-hybridized carbons (Fsp3) is 0.682. The highest BCUT2D eigenvalue weighted by Gasteiger charge is 2.10. The fourth-order valence-corrected chi connectivity index (χ4v) is 3.04. The molecule has 0 atom stereocenters. The maximum absolute atomic E-state index is 11.9. The molecule has 27 heavy (non-hydrogen) atoms. The van der Waals surface area contributed by atoms with Crippen LogP contribution in [0.2, 0.25) is 0 Å². The monoisotopic (exact) mass is 376 g/mol. The van der Waals surface area contributed by atoms with Crippen LogP contribution >= 0.6 is 0 Å². The first-order chi connectivity index (χ1) is 13.1. The van der Waals surface area contributed by atoms with Crippen molar-refractivity contribution in [1.29, 1.82) is 0 Å². The molecule has 0 aliphatic heterocycles. The summed E-state index contributed by atoms with van der Waals surface area (Å²) in [5.74, 6) is -1.25. The van der Waals surface area contributed by atoms with E-state index < -0.39 is 5.97 Å². The zero-order chi connectivity index (χ0) is 19.7. The number of allylic oxidation sites excluding steroid dienone is 2. The Morgan fingerprint density at radius 3 is 2.04 bits per heavy atom. The van der Waals surface area contributed by atoms with Gasteiger partial charge in [0.25, 0.3) is 0 Å². The summed E-state index contributed by atoms with van der Waals surface area (Å²) >= 11 is 0. The molecule has 0 aromatic carbocycles. The van der Waals surface area contributed by atoms with Gasteiger partial charge in [0.05, 0.1) is 0 Å². The third-order valence-corrected chi connectivity index (χ3v) is 4.72. The predicted octanol–water partition coefficient (Wildman–Crippen LogP) is 6.26. The first-order valence-electron chi connectivity index (χ1n) is 10.6. The van der Waals surface area contributed by atoms with E-state index in [1.54, 1.807) is 0 Å². The van der Waals surface area contributed by atoms with Gasteiger partial charge in [0.15, 0.2) is 5.69 Å². The van der Waals surface area contributed by atoms with Crippen molar-refractivity contribution in [2.45, 2.75) is 96.8 Å². The van der Waals surface area contributed by atoms with E-state index in [2.05, 4.69) is 24.2 Å². The number of carboxylic acids is 1. The first-order valence-corrected chi connectivity index (χ1v) is 10.6. The van der Waals surface area contributed by atoms with Gasteiger partial charge in [0.2, 0.25) is 5.91 Å². The summed E-state index contributed by atoms with van der Waals surface area (Å²) in [6.07, 6.45) is 22.4. The Bertz CT molecular complexity index is 564. The molecule has 5 heteroatoms. The average Bonchev–Trinajstić information content (AvgIpc) is 3.15. The van der Waals surface area contributed by atoms with E-state index in [1.807, 2.05) is 0 Å². The standard InChI is InChI=1S/C22H36N2O3/c1-2-3-4-5-6-7-8-9-10-11-12-13-14-15-16-17-21(25)24-19-18-20(23-24)22(26)27/h9-10,18-19H,2-8,11-17H2,1H3,(H,26,27). The number of hydrogen-bond acceptors (Lipinski definition) is 3. The molecule has 1 aromatic heterocycles. The van der Waals surface area contributed by atoms with Crippen molar-refractivity contribution < 1.29 is 14.7 Å². The largest absolute Gasteiger partial charge is 0.476 e. The van der Waals surface area contributed by atoms with Crippen molar-refractivity contribution in [3.63, 3.8) is 0 Å². The predicted molar refractivity (Wildman–Crippen MR) is 109 cm³/mol. The van der Waals surface area contributed by atoms with Crippen molar-refractivity contribution in [2.24, 2.45) is 0 Å². The van der Waals surface area contributed by atoms with E-state index in [1.165, 1.54) is 70.1 Å². The van der Waals surface area contributed by atoms with Gasteiger partial charge >= 0.3 is 5.97 Å². The smallest absolute Gasteiger partial charge is 0.356 e. The van der Waals surface area contributed by atoms with Crippen LogP contribution in [0.15, 0.2) is 24.4 Å². The van der Waals surface area contributed by atoms with Gasteiger partial charge in [-0.3, -0.25) is 4.79 Å². The topological polar surface area (TPSA) is 72.2 Å². The van der Waals surface area contributed by atoms with Crippen LogP contribution in [0.4, 0.5) is 0 Å². The SMILES string of the molecule is CCCCCCCCC=CCCCCCCCC(=O)n1ccc(C(=O)O)n1. The van der Waals surface area contributed by atoms with Gasteiger partial charge in [-0.25, -0.2) is 9.48 Å². The minimum atomic E-state index is -1.11. The number of aromatic carboxylic acids is 1. The Kier molecular flexibility index (Phi) is 13.0. The summed E-state index contributed by atoms with van der Waals surface area (Å²) in [4.78, 5) is 22.7. The van der Waals surface area contributed by atoms with Crippen LogP contribution in [0, 0.1) is 0 Å². The summed E-state index contributed by atoms with van der Waals surface area (Å²) in [6, 6.07) is 1.35. The lowest BCUT2D eigenvalue weighted by molar-refractivity contribution is 0.0689. The molecule has 0 saturated heterocycles. The molecule has 1 heterocycles. The van der Waals surface area contributed by atoms with E-state index in [0.29, 0.717) is 6.42 Å². The van der Waals surface area contributed by atoms with Crippen LogP contribution < -0.4 is 0 Å². The lowest BCUT2D eigenvalue weighted by atomic mass is 10.1. The van der Waals surface area contributed by atoms with Crippen molar-refractivity contribution >= 4 is 11.9 Å². The molecule has 1 N–H and O–H groups in total. The molecule has 0 aliphatic rings. The second kappa shape index (κ2) is 15.2. The maximum Gasteiger partial charge on any atom is 0.356 e. The van der Waals surface area contributed by atoms with Gasteiger partial charge in [-0.2, -0.15) is 5.10 Å². The van der Waals surface area contributed by atoms with Gasteiger partial charge in [0, 0.05) is 12.6 Å². The number of carbonyl (C=O) groups is 2. The van der Waals surface area contributed by atoms with E-state index in [9.17, 15) is 9.59 Å². The number of hydrogen-bond donors (Lipinski definition) is 1. The van der Waals surface area contributed by atoms with Gasteiger partial charge in [0.1, 0.15) is 0 Å². The van der Waals surface area contributed by atoms with Gasteiger partial charge in [-0.1, -0.05) is 70.4 Å². The summed E-state index contributed by atoms with van der Waals surface area (Å²) in [7, 11) is 0. The second-order valence-electron chi connectivity index (χ2n) is 7.18. The Morgan fingerprint density at radius 2 is 1.48 bits per heavy atom. The second-order valence-corrected chi connectivity index (χ2v) is 7.18. The fourth-order valence-electron chi connectivity index (χ4n) is 3.04. The number of carboxylic acid groups (broad SMARTS) is 1. The van der Waals surface area contributed by atoms with Crippen LogP contribution in [0.3, 0.4) is 0 Å². The Hall–Kier alpha value is -1.91. The number of carbonyl (C=O) groups excluding carboxylic acids is 1. The molecule has 5 nitrogen and oxygen atoms in total. The maximum atomic E-state index is 11.9. The van der Waals surface area contributed by atoms with E-state index in [-0.39, 0.29) is 11.6 Å². The Labute approximate surface area is 163 Å². The highest BCUT2D eigenvalue weighted by molar-refractivity contribution is 5.86. The highest BCUT2D eigenvalue weighted by Crippen LogP contribution is 2.10. The van der Waals surface area contributed by atoms with Crippen LogP contribution in [0.25, 0.3) is 0 Å². The van der Waals surface area contributed by atoms with Crippen molar-refractivity contribution in [3.8, 4) is 0 Å². The van der Waals surface area contributed by atoms with Gasteiger partial charge < -0.3 is 5.11 Å². The highest BCUT2D eigenvalue weighted by atomic mass is 16.4. The van der Waals surface area contributed by atoms with Crippen LogP contribution in [0.1, 0.15) is 112 Å². The zero-order valence-electron chi connectivity index (χ0n) is 16.9. The summed E-state index contributed by atoms with van der Waals surface area (Å²) in [6.45, 7) is 2.25. The third kappa shape index (κ3) is 11.4. The number of aromatic nitrogens is 2. The van der Waals surface area contributed by atoms with Crippen LogP contribution in [0.5, 0.6) is 0 Å². The molecule has 0 amide bonds. The Morgan fingerprint density at radius 1 is 0.926 bits per heavy atom. The zero-order valence-corrected chi connectivity index (χ0v) is 16.9. The molecular weight excluding hydrogens is 340 g/mol. The molecule has 0 aliphatic carbocycles. The molecule has 1 rings (SSSR count). The molecule has 0 unspecified atom stereocenters. The number of unbranched alkanes of at least 4 members (excludes halogenated alkanes) is 11. The third-order valence-electron chi connectivity index (χ3n) is 4.72.